The Hall–Kier alpha value is -6.52. The van der Waals surface area contributed by atoms with Crippen LogP contribution in [0.2, 0.25) is 0 Å². The molecule has 2 aromatic heterocycles. The van der Waals surface area contributed by atoms with E-state index in [1.165, 1.54) is 0 Å². The second kappa shape index (κ2) is 13.1. The Bertz CT molecular complexity index is 2190. The fraction of sp³-hybridized carbons (Fsp3) is 0. The standard InChI is InChI=1S/C44H30N4/c1-5-14-33(15-6-1)40-29-39(30-41(45-40)34-16-7-2-8-17-34)32-26-24-31(25-27-32)37-22-13-23-38(28-37)44-47-42(35-18-9-3-10-19-35)46-43(48-44)36-20-11-4-12-21-36/h1-30H. The third kappa shape index (κ3) is 6.15. The molecule has 226 valence electrons. The highest BCUT2D eigenvalue weighted by Crippen LogP contribution is 2.33. The van der Waals surface area contributed by atoms with E-state index in [1.807, 2.05) is 72.8 Å². The average Bonchev–Trinajstić information content (AvgIpc) is 3.19. The Morgan fingerprint density at radius 3 is 1.02 bits per heavy atom. The Labute approximate surface area is 280 Å². The Morgan fingerprint density at radius 2 is 0.562 bits per heavy atom. The van der Waals surface area contributed by atoms with Crippen molar-refractivity contribution in [1.29, 1.82) is 0 Å². The number of benzene rings is 6. The van der Waals surface area contributed by atoms with E-state index in [4.69, 9.17) is 19.9 Å². The van der Waals surface area contributed by atoms with Crippen LogP contribution in [0.1, 0.15) is 0 Å². The summed E-state index contributed by atoms with van der Waals surface area (Å²) in [6, 6.07) is 62.3. The zero-order valence-electron chi connectivity index (χ0n) is 26.1. The summed E-state index contributed by atoms with van der Waals surface area (Å²) in [7, 11) is 0. The molecule has 0 spiro atoms. The fourth-order valence-corrected chi connectivity index (χ4v) is 5.84. The summed E-state index contributed by atoms with van der Waals surface area (Å²) in [6.45, 7) is 0. The molecule has 0 amide bonds. The summed E-state index contributed by atoms with van der Waals surface area (Å²) in [5.74, 6) is 1.94. The van der Waals surface area contributed by atoms with Gasteiger partial charge in [-0.15, -0.1) is 0 Å². The van der Waals surface area contributed by atoms with Crippen molar-refractivity contribution in [3.63, 3.8) is 0 Å². The molecule has 0 aliphatic rings. The zero-order valence-corrected chi connectivity index (χ0v) is 26.1. The van der Waals surface area contributed by atoms with Crippen molar-refractivity contribution in [3.8, 4) is 78.9 Å². The summed E-state index contributed by atoms with van der Waals surface area (Å²) in [6.07, 6.45) is 0. The molecule has 0 atom stereocenters. The lowest BCUT2D eigenvalue weighted by molar-refractivity contribution is 1.07. The maximum Gasteiger partial charge on any atom is 0.164 e. The predicted octanol–water partition coefficient (Wildman–Crippen LogP) is 10.9. The number of aromatic nitrogens is 4. The second-order valence-corrected chi connectivity index (χ2v) is 11.6. The van der Waals surface area contributed by atoms with Crippen molar-refractivity contribution < 1.29 is 0 Å². The summed E-state index contributed by atoms with van der Waals surface area (Å²) in [4.78, 5) is 19.7. The molecule has 48 heavy (non-hydrogen) atoms. The van der Waals surface area contributed by atoms with Gasteiger partial charge in [-0.25, -0.2) is 19.9 Å². The zero-order chi connectivity index (χ0) is 32.1. The van der Waals surface area contributed by atoms with Crippen LogP contribution in [0.15, 0.2) is 182 Å². The molecule has 4 heteroatoms. The topological polar surface area (TPSA) is 51.6 Å². The average molecular weight is 615 g/mol. The van der Waals surface area contributed by atoms with Gasteiger partial charge >= 0.3 is 0 Å². The minimum Gasteiger partial charge on any atom is -0.248 e. The molecule has 0 aliphatic carbocycles. The van der Waals surface area contributed by atoms with E-state index in [2.05, 4.69) is 109 Å². The summed E-state index contributed by atoms with van der Waals surface area (Å²) in [5.41, 5.74) is 11.4. The largest absolute Gasteiger partial charge is 0.248 e. The van der Waals surface area contributed by atoms with Crippen molar-refractivity contribution in [2.24, 2.45) is 0 Å². The quantitative estimate of drug-likeness (QED) is 0.179. The van der Waals surface area contributed by atoms with Crippen LogP contribution >= 0.6 is 0 Å². The summed E-state index contributed by atoms with van der Waals surface area (Å²) >= 11 is 0. The first kappa shape index (κ1) is 28.9. The highest BCUT2D eigenvalue weighted by molar-refractivity contribution is 5.79. The summed E-state index contributed by atoms with van der Waals surface area (Å²) in [5, 5.41) is 0. The van der Waals surface area contributed by atoms with Gasteiger partial charge in [-0.05, 0) is 40.5 Å². The molecular formula is C44H30N4. The van der Waals surface area contributed by atoms with E-state index in [0.29, 0.717) is 17.5 Å². The minimum atomic E-state index is 0.639. The monoisotopic (exact) mass is 614 g/mol. The van der Waals surface area contributed by atoms with Crippen molar-refractivity contribution in [3.05, 3.63) is 182 Å². The van der Waals surface area contributed by atoms with Crippen molar-refractivity contribution in [2.75, 3.05) is 0 Å². The van der Waals surface area contributed by atoms with E-state index in [-0.39, 0.29) is 0 Å². The van der Waals surface area contributed by atoms with Gasteiger partial charge in [-0.3, -0.25) is 0 Å². The second-order valence-electron chi connectivity index (χ2n) is 11.6. The molecular weight excluding hydrogens is 585 g/mol. The molecule has 0 N–H and O–H groups in total. The predicted molar refractivity (Wildman–Crippen MR) is 196 cm³/mol. The lowest BCUT2D eigenvalue weighted by atomic mass is 9.97. The van der Waals surface area contributed by atoms with E-state index in [9.17, 15) is 0 Å². The van der Waals surface area contributed by atoms with Gasteiger partial charge in [0, 0.05) is 27.8 Å². The van der Waals surface area contributed by atoms with Crippen molar-refractivity contribution in [2.45, 2.75) is 0 Å². The highest BCUT2D eigenvalue weighted by Gasteiger charge is 2.14. The summed E-state index contributed by atoms with van der Waals surface area (Å²) < 4.78 is 0. The number of nitrogens with zero attached hydrogens (tertiary/aromatic N) is 4. The molecule has 6 aromatic carbocycles. The number of hydrogen-bond acceptors (Lipinski definition) is 4. The van der Waals surface area contributed by atoms with Gasteiger partial charge in [-0.2, -0.15) is 0 Å². The van der Waals surface area contributed by atoms with Crippen LogP contribution in [0, 0.1) is 0 Å². The Morgan fingerprint density at radius 1 is 0.208 bits per heavy atom. The molecule has 2 heterocycles. The van der Waals surface area contributed by atoms with Crippen molar-refractivity contribution in [1.82, 2.24) is 19.9 Å². The third-order valence-corrected chi connectivity index (χ3v) is 8.34. The molecule has 0 aliphatic heterocycles. The first-order chi connectivity index (χ1) is 23.8. The molecule has 0 saturated carbocycles. The Kier molecular flexibility index (Phi) is 7.87. The van der Waals surface area contributed by atoms with Crippen molar-refractivity contribution >= 4 is 0 Å². The van der Waals surface area contributed by atoms with Crippen LogP contribution in [0.5, 0.6) is 0 Å². The maximum atomic E-state index is 5.04. The van der Waals surface area contributed by atoms with E-state index in [1.54, 1.807) is 0 Å². The van der Waals surface area contributed by atoms with Gasteiger partial charge < -0.3 is 0 Å². The third-order valence-electron chi connectivity index (χ3n) is 8.34. The maximum absolute atomic E-state index is 5.04. The molecule has 0 bridgehead atoms. The first-order valence-corrected chi connectivity index (χ1v) is 16.0. The van der Waals surface area contributed by atoms with Crippen LogP contribution in [-0.4, -0.2) is 19.9 Å². The van der Waals surface area contributed by atoms with Gasteiger partial charge in [0.25, 0.3) is 0 Å². The molecule has 0 radical (unpaired) electrons. The van der Waals surface area contributed by atoms with Crippen LogP contribution in [0.4, 0.5) is 0 Å². The van der Waals surface area contributed by atoms with E-state index < -0.39 is 0 Å². The van der Waals surface area contributed by atoms with Gasteiger partial charge in [0.1, 0.15) is 0 Å². The van der Waals surface area contributed by atoms with Gasteiger partial charge in [0.2, 0.25) is 0 Å². The lowest BCUT2D eigenvalue weighted by Crippen LogP contribution is -2.00. The molecule has 8 aromatic rings. The van der Waals surface area contributed by atoms with Crippen LogP contribution in [-0.2, 0) is 0 Å². The molecule has 8 rings (SSSR count). The molecule has 0 fully saturated rings. The normalized spacial score (nSPS) is 10.9. The first-order valence-electron chi connectivity index (χ1n) is 16.0. The number of pyridine rings is 1. The smallest absolute Gasteiger partial charge is 0.164 e. The number of rotatable bonds is 7. The van der Waals surface area contributed by atoms with Crippen LogP contribution < -0.4 is 0 Å². The minimum absolute atomic E-state index is 0.639. The van der Waals surface area contributed by atoms with Gasteiger partial charge in [-0.1, -0.05) is 164 Å². The Balaban J connectivity index is 1.16. The van der Waals surface area contributed by atoms with Crippen LogP contribution in [0.3, 0.4) is 0 Å². The van der Waals surface area contributed by atoms with Gasteiger partial charge in [0.05, 0.1) is 11.4 Å². The fourth-order valence-electron chi connectivity index (χ4n) is 5.84. The lowest BCUT2D eigenvalue weighted by Gasteiger charge is -2.12. The molecule has 4 nitrogen and oxygen atoms in total. The van der Waals surface area contributed by atoms with Crippen LogP contribution in [0.25, 0.3) is 78.9 Å². The van der Waals surface area contributed by atoms with E-state index in [0.717, 1.165) is 61.5 Å². The van der Waals surface area contributed by atoms with E-state index >= 15 is 0 Å². The molecule has 0 unspecified atom stereocenters. The number of hydrogen-bond donors (Lipinski definition) is 0. The highest BCUT2D eigenvalue weighted by atomic mass is 15.0. The molecule has 0 saturated heterocycles. The van der Waals surface area contributed by atoms with Gasteiger partial charge in [0.15, 0.2) is 17.5 Å². The SMILES string of the molecule is c1ccc(-c2cc(-c3ccc(-c4cccc(-c5nc(-c6ccccc6)nc(-c6ccccc6)n5)c4)cc3)cc(-c3ccccc3)n2)cc1.